The van der Waals surface area contributed by atoms with Crippen molar-refractivity contribution >= 4 is 50.7 Å². The van der Waals surface area contributed by atoms with E-state index in [0.717, 1.165) is 9.87 Å². The van der Waals surface area contributed by atoms with Crippen LogP contribution in [-0.4, -0.2) is 62.7 Å². The Morgan fingerprint density at radius 2 is 1.59 bits per heavy atom. The lowest BCUT2D eigenvalue weighted by Gasteiger charge is -2.34. The van der Waals surface area contributed by atoms with Crippen molar-refractivity contribution in [3.05, 3.63) is 87.9 Å². The lowest BCUT2D eigenvalue weighted by Crippen LogP contribution is -2.54. The van der Waals surface area contributed by atoms with E-state index < -0.39 is 28.5 Å². The minimum atomic E-state index is -3.95. The Bertz CT molecular complexity index is 1550. The molecule has 1 N–H and O–H groups in total. The molecule has 12 heteroatoms. The first kappa shape index (κ1) is 33.4. The summed E-state index contributed by atoms with van der Waals surface area (Å²) in [6.07, 6.45) is 0.863. The fourth-order valence-electron chi connectivity index (χ4n) is 4.76. The lowest BCUT2D eigenvalue weighted by atomic mass is 10.0. The molecular formula is C32H37Cl2N3O6S. The van der Waals surface area contributed by atoms with Crippen LogP contribution in [0.5, 0.6) is 11.5 Å². The summed E-state index contributed by atoms with van der Waals surface area (Å²) in [5.74, 6) is -0.364. The minimum absolute atomic E-state index is 0.121. The van der Waals surface area contributed by atoms with Crippen LogP contribution in [0.15, 0.2) is 66.7 Å². The molecule has 2 atom stereocenters. The van der Waals surface area contributed by atoms with Crippen molar-refractivity contribution in [3.8, 4) is 11.5 Å². The Morgan fingerprint density at radius 1 is 0.932 bits per heavy atom. The number of amides is 2. The number of hydrogen-bond donors (Lipinski definition) is 1. The van der Waals surface area contributed by atoms with Crippen LogP contribution in [0.4, 0.5) is 5.69 Å². The first-order valence-corrected chi connectivity index (χ1v) is 16.9. The number of ether oxygens (including phenoxy) is 2. The number of benzene rings is 3. The molecule has 0 aliphatic carbocycles. The van der Waals surface area contributed by atoms with Gasteiger partial charge in [-0.3, -0.25) is 13.9 Å². The fourth-order valence-corrected chi connectivity index (χ4v) is 6.33. The molecule has 0 saturated heterocycles. The van der Waals surface area contributed by atoms with Crippen LogP contribution in [0.25, 0.3) is 0 Å². The molecule has 0 saturated carbocycles. The van der Waals surface area contributed by atoms with E-state index in [1.54, 1.807) is 36.4 Å². The Kier molecular flexibility index (Phi) is 11.4. The van der Waals surface area contributed by atoms with E-state index in [1.807, 2.05) is 44.2 Å². The molecule has 3 aromatic carbocycles. The van der Waals surface area contributed by atoms with Crippen molar-refractivity contribution in [1.29, 1.82) is 0 Å². The van der Waals surface area contributed by atoms with Gasteiger partial charge in [0, 0.05) is 40.7 Å². The fraction of sp³-hybridized carbons (Fsp3) is 0.375. The summed E-state index contributed by atoms with van der Waals surface area (Å²) in [5, 5.41) is 3.64. The Morgan fingerprint density at radius 3 is 2.23 bits per heavy atom. The summed E-state index contributed by atoms with van der Waals surface area (Å²) >= 11 is 13.1. The molecule has 0 unspecified atom stereocenters. The number of carbonyl (C=O) groups excluding carboxylic acids is 2. The molecule has 44 heavy (non-hydrogen) atoms. The van der Waals surface area contributed by atoms with Crippen molar-refractivity contribution < 1.29 is 27.5 Å². The molecule has 0 spiro atoms. The highest BCUT2D eigenvalue weighted by Crippen LogP contribution is 2.35. The third-order valence-corrected chi connectivity index (χ3v) is 9.90. The zero-order valence-electron chi connectivity index (χ0n) is 25.0. The van der Waals surface area contributed by atoms with E-state index in [-0.39, 0.29) is 36.4 Å². The zero-order valence-corrected chi connectivity index (χ0v) is 27.3. The molecular weight excluding hydrogens is 625 g/mol. The highest BCUT2D eigenvalue weighted by molar-refractivity contribution is 7.92. The number of nitrogens with zero attached hydrogens (tertiary/aromatic N) is 2. The molecule has 3 aromatic rings. The molecule has 236 valence electrons. The Balaban J connectivity index is 1.79. The molecule has 2 amide bonds. The normalized spacial score (nSPS) is 13.9. The van der Waals surface area contributed by atoms with Crippen molar-refractivity contribution in [2.24, 2.45) is 0 Å². The van der Waals surface area contributed by atoms with Gasteiger partial charge in [0.15, 0.2) is 11.5 Å². The Hall–Kier alpha value is -3.47. The van der Waals surface area contributed by atoms with E-state index in [1.165, 1.54) is 11.8 Å². The third kappa shape index (κ3) is 8.16. The number of fused-ring (bicyclic) bond motifs is 1. The summed E-state index contributed by atoms with van der Waals surface area (Å²) in [6, 6.07) is 17.9. The molecule has 1 heterocycles. The molecule has 0 fully saturated rings. The zero-order chi connectivity index (χ0) is 31.9. The van der Waals surface area contributed by atoms with Gasteiger partial charge in [0.25, 0.3) is 0 Å². The van der Waals surface area contributed by atoms with Gasteiger partial charge in [0.2, 0.25) is 21.8 Å². The van der Waals surface area contributed by atoms with Gasteiger partial charge in [-0.15, -0.1) is 0 Å². The summed E-state index contributed by atoms with van der Waals surface area (Å²) in [5.41, 5.74) is 1.51. The van der Waals surface area contributed by atoms with Crippen LogP contribution >= 0.6 is 23.2 Å². The molecule has 1 aliphatic rings. The van der Waals surface area contributed by atoms with Crippen LogP contribution in [0.2, 0.25) is 10.0 Å². The van der Waals surface area contributed by atoms with Gasteiger partial charge in [-0.2, -0.15) is 0 Å². The van der Waals surface area contributed by atoms with Gasteiger partial charge in [0.1, 0.15) is 25.8 Å². The second-order valence-electron chi connectivity index (χ2n) is 10.5. The first-order chi connectivity index (χ1) is 21.0. The predicted octanol–water partition coefficient (Wildman–Crippen LogP) is 5.48. The van der Waals surface area contributed by atoms with Crippen LogP contribution < -0.4 is 19.1 Å². The van der Waals surface area contributed by atoms with Crippen molar-refractivity contribution in [1.82, 2.24) is 10.2 Å². The summed E-state index contributed by atoms with van der Waals surface area (Å²) in [4.78, 5) is 29.6. The molecule has 0 bridgehead atoms. The molecule has 9 nitrogen and oxygen atoms in total. The number of hydrogen-bond acceptors (Lipinski definition) is 6. The van der Waals surface area contributed by atoms with E-state index in [2.05, 4.69) is 5.32 Å². The molecule has 0 radical (unpaired) electrons. The first-order valence-electron chi connectivity index (χ1n) is 14.5. The lowest BCUT2D eigenvalue weighted by molar-refractivity contribution is -0.140. The number of halogens is 2. The minimum Gasteiger partial charge on any atom is -0.486 e. The van der Waals surface area contributed by atoms with Crippen molar-refractivity contribution in [2.75, 3.05) is 29.8 Å². The predicted molar refractivity (Wildman–Crippen MR) is 173 cm³/mol. The second kappa shape index (κ2) is 15.0. The number of sulfonamides is 1. The van der Waals surface area contributed by atoms with Gasteiger partial charge < -0.3 is 19.7 Å². The molecule has 1 aliphatic heterocycles. The maximum atomic E-state index is 14.4. The smallest absolute Gasteiger partial charge is 0.244 e. The van der Waals surface area contributed by atoms with Crippen LogP contribution in [0.1, 0.15) is 38.3 Å². The van der Waals surface area contributed by atoms with Crippen molar-refractivity contribution in [2.45, 2.75) is 52.2 Å². The monoisotopic (exact) mass is 661 g/mol. The summed E-state index contributed by atoms with van der Waals surface area (Å²) < 4.78 is 39.2. The Labute approximate surface area is 269 Å². The highest BCUT2D eigenvalue weighted by Gasteiger charge is 2.35. The van der Waals surface area contributed by atoms with Gasteiger partial charge in [-0.05, 0) is 50.1 Å². The van der Waals surface area contributed by atoms with E-state index >= 15 is 0 Å². The standard InChI is InChI=1S/C32H37Cl2N3O6S/c1-4-22(3)35-32(39)28(18-23-10-7-6-8-11-23)36(20-25-26(33)12-9-13-27(25)34)31(38)21-37(44(40,41)5-2)24-14-15-29-30(19-24)43-17-16-42-29/h6-15,19,22,28H,4-5,16-18,20-21H2,1-3H3,(H,35,39)/t22-,28+/m1/s1. The van der Waals surface area contributed by atoms with Gasteiger partial charge in [0.05, 0.1) is 11.4 Å². The summed E-state index contributed by atoms with van der Waals surface area (Å²) in [7, 11) is -3.95. The van der Waals surface area contributed by atoms with E-state index in [9.17, 15) is 18.0 Å². The van der Waals surface area contributed by atoms with Crippen LogP contribution in [0, 0.1) is 0 Å². The quantitative estimate of drug-likeness (QED) is 0.260. The van der Waals surface area contributed by atoms with Crippen molar-refractivity contribution in [3.63, 3.8) is 0 Å². The SMILES string of the molecule is CC[C@@H](C)NC(=O)[C@H](Cc1ccccc1)N(Cc1c(Cl)cccc1Cl)C(=O)CN(c1ccc2c(c1)OCCO2)S(=O)(=O)CC. The van der Waals surface area contributed by atoms with E-state index in [4.69, 9.17) is 32.7 Å². The topological polar surface area (TPSA) is 105 Å². The maximum Gasteiger partial charge on any atom is 0.244 e. The van der Waals surface area contributed by atoms with Crippen LogP contribution in [-0.2, 0) is 32.6 Å². The average molecular weight is 663 g/mol. The van der Waals surface area contributed by atoms with Gasteiger partial charge in [-0.1, -0.05) is 66.5 Å². The number of anilines is 1. The largest absolute Gasteiger partial charge is 0.486 e. The highest BCUT2D eigenvalue weighted by atomic mass is 35.5. The van der Waals surface area contributed by atoms with E-state index in [0.29, 0.717) is 46.7 Å². The van der Waals surface area contributed by atoms with Gasteiger partial charge in [-0.25, -0.2) is 8.42 Å². The van der Waals surface area contributed by atoms with Crippen LogP contribution in [0.3, 0.4) is 0 Å². The number of nitrogens with one attached hydrogen (secondary N) is 1. The van der Waals surface area contributed by atoms with Gasteiger partial charge >= 0.3 is 0 Å². The third-order valence-electron chi connectivity index (χ3n) is 7.46. The second-order valence-corrected chi connectivity index (χ2v) is 13.5. The average Bonchev–Trinajstić information content (AvgIpc) is 3.02. The number of rotatable bonds is 13. The maximum absolute atomic E-state index is 14.4. The molecule has 4 rings (SSSR count). The number of carbonyl (C=O) groups is 2. The molecule has 0 aromatic heterocycles. The summed E-state index contributed by atoms with van der Waals surface area (Å²) in [6.45, 7) is 5.33.